The van der Waals surface area contributed by atoms with E-state index in [1.807, 2.05) is 11.9 Å². The highest BCUT2D eigenvalue weighted by Gasteiger charge is 2.51. The van der Waals surface area contributed by atoms with E-state index in [4.69, 9.17) is 5.73 Å². The minimum Gasteiger partial charge on any atom is -0.345 e. The molecule has 21 heavy (non-hydrogen) atoms. The van der Waals surface area contributed by atoms with Gasteiger partial charge in [-0.25, -0.2) is 0 Å². The fourth-order valence-electron chi connectivity index (χ4n) is 5.76. The summed E-state index contributed by atoms with van der Waals surface area (Å²) in [6, 6.07) is 0. The van der Waals surface area contributed by atoms with Gasteiger partial charge in [0, 0.05) is 20.0 Å². The summed E-state index contributed by atoms with van der Waals surface area (Å²) >= 11 is 0. The molecule has 0 radical (unpaired) electrons. The number of nitrogens with zero attached hydrogens (tertiary/aromatic N) is 1. The van der Waals surface area contributed by atoms with Crippen LogP contribution in [0.15, 0.2) is 0 Å². The van der Waals surface area contributed by atoms with E-state index in [1.165, 1.54) is 38.5 Å². The van der Waals surface area contributed by atoms with Crippen molar-refractivity contribution in [2.75, 3.05) is 20.1 Å². The van der Waals surface area contributed by atoms with Gasteiger partial charge < -0.3 is 10.6 Å². The highest BCUT2D eigenvalue weighted by Crippen LogP contribution is 2.61. The van der Waals surface area contributed by atoms with Crippen molar-refractivity contribution in [2.24, 2.45) is 34.3 Å². The second-order valence-corrected chi connectivity index (χ2v) is 9.21. The van der Waals surface area contributed by atoms with Crippen molar-refractivity contribution >= 4 is 5.91 Å². The summed E-state index contributed by atoms with van der Waals surface area (Å²) < 4.78 is 0. The van der Waals surface area contributed by atoms with Gasteiger partial charge in [0.2, 0.25) is 5.91 Å². The molecule has 4 bridgehead atoms. The zero-order chi connectivity index (χ0) is 15.3. The number of nitrogens with two attached hydrogens (primary N) is 1. The molecule has 4 fully saturated rings. The number of rotatable bonds is 5. The standard InChI is InChI=1S/C18H32N2O/c1-17(2,11-19)12-20(3)16(21)10-18-7-13-4-14(8-18)6-15(5-13)9-18/h13-15H,4-12,19H2,1-3H3. The van der Waals surface area contributed by atoms with E-state index in [-0.39, 0.29) is 5.41 Å². The molecule has 0 aromatic rings. The predicted octanol–water partition coefficient (Wildman–Crippen LogP) is 3.04. The maximum atomic E-state index is 12.7. The SMILES string of the molecule is CN(CC(C)(C)CN)C(=O)CC12CC3CC(CC(C3)C1)C2. The quantitative estimate of drug-likeness (QED) is 0.846. The van der Waals surface area contributed by atoms with Crippen LogP contribution >= 0.6 is 0 Å². The lowest BCUT2D eigenvalue weighted by molar-refractivity contribution is -0.139. The molecule has 0 aliphatic heterocycles. The van der Waals surface area contributed by atoms with E-state index >= 15 is 0 Å². The Balaban J connectivity index is 1.62. The van der Waals surface area contributed by atoms with Crippen LogP contribution in [0.25, 0.3) is 0 Å². The molecule has 4 aliphatic carbocycles. The smallest absolute Gasteiger partial charge is 0.222 e. The third-order valence-corrected chi connectivity index (χ3v) is 6.33. The Morgan fingerprint density at radius 3 is 2.05 bits per heavy atom. The number of amides is 1. The second-order valence-electron chi connectivity index (χ2n) is 9.21. The molecule has 4 rings (SSSR count). The summed E-state index contributed by atoms with van der Waals surface area (Å²) in [6.45, 7) is 5.68. The van der Waals surface area contributed by atoms with Crippen molar-refractivity contribution in [2.45, 2.75) is 58.8 Å². The average Bonchev–Trinajstić information content (AvgIpc) is 2.35. The van der Waals surface area contributed by atoms with E-state index in [0.29, 0.717) is 17.9 Å². The van der Waals surface area contributed by atoms with E-state index < -0.39 is 0 Å². The van der Waals surface area contributed by atoms with Gasteiger partial charge in [0.05, 0.1) is 0 Å². The van der Waals surface area contributed by atoms with Gasteiger partial charge in [0.1, 0.15) is 0 Å². The summed E-state index contributed by atoms with van der Waals surface area (Å²) in [6.07, 6.45) is 9.08. The molecule has 0 saturated heterocycles. The molecule has 0 atom stereocenters. The zero-order valence-corrected chi connectivity index (χ0v) is 14.0. The number of hydrogen-bond donors (Lipinski definition) is 1. The normalized spacial score (nSPS) is 37.8. The molecule has 0 aromatic heterocycles. The van der Waals surface area contributed by atoms with Gasteiger partial charge in [-0.2, -0.15) is 0 Å². The van der Waals surface area contributed by atoms with Crippen LogP contribution in [0, 0.1) is 28.6 Å². The van der Waals surface area contributed by atoms with E-state index in [1.54, 1.807) is 0 Å². The predicted molar refractivity (Wildman–Crippen MR) is 85.7 cm³/mol. The van der Waals surface area contributed by atoms with E-state index in [9.17, 15) is 4.79 Å². The van der Waals surface area contributed by atoms with Crippen molar-refractivity contribution in [3.05, 3.63) is 0 Å². The number of hydrogen-bond acceptors (Lipinski definition) is 2. The van der Waals surface area contributed by atoms with Crippen molar-refractivity contribution in [1.82, 2.24) is 4.90 Å². The lowest BCUT2D eigenvalue weighted by Gasteiger charge is -2.57. The highest BCUT2D eigenvalue weighted by molar-refractivity contribution is 5.76. The molecular formula is C18H32N2O. The minimum absolute atomic E-state index is 0.0197. The molecular weight excluding hydrogens is 260 g/mol. The van der Waals surface area contributed by atoms with Crippen molar-refractivity contribution < 1.29 is 4.79 Å². The minimum atomic E-state index is 0.0197. The molecule has 0 heterocycles. The Bertz CT molecular complexity index is 380. The molecule has 1 amide bonds. The molecule has 0 aromatic carbocycles. The lowest BCUT2D eigenvalue weighted by Crippen LogP contribution is -2.49. The molecule has 0 spiro atoms. The number of carbonyl (C=O) groups is 1. The van der Waals surface area contributed by atoms with Gasteiger partial charge in [0.15, 0.2) is 0 Å². The summed E-state index contributed by atoms with van der Waals surface area (Å²) in [5.74, 6) is 3.12. The van der Waals surface area contributed by atoms with Crippen LogP contribution in [-0.4, -0.2) is 30.9 Å². The van der Waals surface area contributed by atoms with E-state index in [2.05, 4.69) is 13.8 Å². The Morgan fingerprint density at radius 1 is 1.14 bits per heavy atom. The van der Waals surface area contributed by atoms with Crippen LogP contribution < -0.4 is 5.73 Å². The maximum Gasteiger partial charge on any atom is 0.222 e. The summed E-state index contributed by atoms with van der Waals surface area (Å²) in [4.78, 5) is 14.6. The molecule has 3 heteroatoms. The molecule has 4 aliphatic rings. The topological polar surface area (TPSA) is 46.3 Å². The summed E-state index contributed by atoms with van der Waals surface area (Å²) in [7, 11) is 1.96. The number of carbonyl (C=O) groups excluding carboxylic acids is 1. The Kier molecular flexibility index (Phi) is 3.84. The van der Waals surface area contributed by atoms with Gasteiger partial charge in [-0.3, -0.25) is 4.79 Å². The Labute approximate surface area is 129 Å². The largest absolute Gasteiger partial charge is 0.345 e. The zero-order valence-electron chi connectivity index (χ0n) is 14.0. The molecule has 3 nitrogen and oxygen atoms in total. The molecule has 0 unspecified atom stereocenters. The first-order valence-corrected chi connectivity index (χ1v) is 8.75. The first-order valence-electron chi connectivity index (χ1n) is 8.75. The van der Waals surface area contributed by atoms with Crippen LogP contribution in [-0.2, 0) is 4.79 Å². The summed E-state index contributed by atoms with van der Waals surface area (Å²) in [5.41, 5.74) is 6.18. The van der Waals surface area contributed by atoms with E-state index in [0.717, 1.165) is 30.7 Å². The van der Waals surface area contributed by atoms with Gasteiger partial charge >= 0.3 is 0 Å². The first-order chi connectivity index (χ1) is 9.81. The second kappa shape index (κ2) is 5.26. The fourth-order valence-corrected chi connectivity index (χ4v) is 5.76. The third-order valence-electron chi connectivity index (χ3n) is 6.33. The Morgan fingerprint density at radius 2 is 1.62 bits per heavy atom. The van der Waals surface area contributed by atoms with Gasteiger partial charge in [-0.05, 0) is 73.7 Å². The highest BCUT2D eigenvalue weighted by atomic mass is 16.2. The average molecular weight is 292 g/mol. The Hall–Kier alpha value is -0.570. The molecule has 4 saturated carbocycles. The monoisotopic (exact) mass is 292 g/mol. The van der Waals surface area contributed by atoms with Crippen molar-refractivity contribution in [3.63, 3.8) is 0 Å². The maximum absolute atomic E-state index is 12.7. The van der Waals surface area contributed by atoms with Crippen LogP contribution in [0.4, 0.5) is 0 Å². The van der Waals surface area contributed by atoms with Gasteiger partial charge in [0.25, 0.3) is 0 Å². The van der Waals surface area contributed by atoms with Crippen LogP contribution in [0.5, 0.6) is 0 Å². The van der Waals surface area contributed by atoms with Crippen LogP contribution in [0.2, 0.25) is 0 Å². The van der Waals surface area contributed by atoms with Crippen molar-refractivity contribution in [1.29, 1.82) is 0 Å². The fraction of sp³-hybridized carbons (Fsp3) is 0.944. The molecule has 2 N–H and O–H groups in total. The lowest BCUT2D eigenvalue weighted by atomic mass is 9.49. The molecule has 120 valence electrons. The third kappa shape index (κ3) is 3.13. The van der Waals surface area contributed by atoms with Crippen LogP contribution in [0.1, 0.15) is 58.8 Å². The van der Waals surface area contributed by atoms with Gasteiger partial charge in [-0.15, -0.1) is 0 Å². The van der Waals surface area contributed by atoms with Gasteiger partial charge in [-0.1, -0.05) is 13.8 Å². The van der Waals surface area contributed by atoms with Crippen LogP contribution in [0.3, 0.4) is 0 Å². The first kappa shape index (κ1) is 15.3. The van der Waals surface area contributed by atoms with Crippen molar-refractivity contribution in [3.8, 4) is 0 Å². The summed E-state index contributed by atoms with van der Waals surface area (Å²) in [5, 5.41) is 0.